The number of unbranched alkanes of at least 4 members (excludes halogenated alkanes) is 1. The van der Waals surface area contributed by atoms with Gasteiger partial charge in [0.1, 0.15) is 0 Å². The maximum absolute atomic E-state index is 12.5. The number of rotatable bonds is 9. The molecule has 0 aromatic heterocycles. The first-order chi connectivity index (χ1) is 11.5. The largest absolute Gasteiger partial charge is 0.240 e. The summed E-state index contributed by atoms with van der Waals surface area (Å²) in [7, 11) is -3.45. The third kappa shape index (κ3) is 5.77. The Morgan fingerprint density at radius 3 is 2.17 bits per heavy atom. The molecule has 0 aliphatic carbocycles. The molecule has 0 bridgehead atoms. The Hall–Kier alpha value is -1.65. The molecule has 1 unspecified atom stereocenters. The summed E-state index contributed by atoms with van der Waals surface area (Å²) in [6, 6.07) is 17.3. The van der Waals surface area contributed by atoms with Gasteiger partial charge in [0.25, 0.3) is 0 Å². The van der Waals surface area contributed by atoms with Crippen LogP contribution in [0.2, 0.25) is 0 Å². The maximum atomic E-state index is 12.5. The number of sulfonamides is 1. The second kappa shape index (κ2) is 9.00. The minimum atomic E-state index is -3.45. The van der Waals surface area contributed by atoms with Crippen molar-refractivity contribution in [3.63, 3.8) is 0 Å². The van der Waals surface area contributed by atoms with Gasteiger partial charge >= 0.3 is 0 Å². The number of benzene rings is 2. The molecule has 4 heteroatoms. The Morgan fingerprint density at radius 1 is 0.917 bits per heavy atom. The van der Waals surface area contributed by atoms with E-state index in [1.807, 2.05) is 37.3 Å². The molecule has 1 atom stereocenters. The van der Waals surface area contributed by atoms with E-state index < -0.39 is 10.0 Å². The summed E-state index contributed by atoms with van der Waals surface area (Å²) >= 11 is 0. The minimum Gasteiger partial charge on any atom is -0.208 e. The van der Waals surface area contributed by atoms with Crippen LogP contribution in [-0.4, -0.2) is 14.5 Å². The van der Waals surface area contributed by atoms with Crippen LogP contribution in [-0.2, 0) is 22.9 Å². The lowest BCUT2D eigenvalue weighted by molar-refractivity contribution is 0.547. The fraction of sp³-hybridized carbons (Fsp3) is 0.400. The third-order valence-corrected chi connectivity index (χ3v) is 5.72. The molecule has 0 saturated carbocycles. The molecule has 0 aliphatic rings. The van der Waals surface area contributed by atoms with Gasteiger partial charge in [-0.05, 0) is 55.9 Å². The fourth-order valence-corrected chi connectivity index (χ4v) is 3.91. The smallest absolute Gasteiger partial charge is 0.208 e. The Kier molecular flexibility index (Phi) is 7.00. The molecule has 3 nitrogen and oxygen atoms in total. The molecule has 2 rings (SSSR count). The van der Waals surface area contributed by atoms with Gasteiger partial charge in [0, 0.05) is 6.04 Å². The van der Waals surface area contributed by atoms with Gasteiger partial charge in [-0.1, -0.05) is 55.8 Å². The molecule has 0 heterocycles. The molecule has 0 aliphatic heterocycles. The van der Waals surface area contributed by atoms with Gasteiger partial charge in [-0.2, -0.15) is 0 Å². The van der Waals surface area contributed by atoms with Crippen molar-refractivity contribution in [2.24, 2.45) is 0 Å². The molecule has 0 amide bonds. The zero-order valence-electron chi connectivity index (χ0n) is 14.5. The maximum Gasteiger partial charge on any atom is 0.240 e. The second-order valence-corrected chi connectivity index (χ2v) is 8.01. The summed E-state index contributed by atoms with van der Waals surface area (Å²) in [5.41, 5.74) is 2.41. The number of nitrogens with one attached hydrogen (secondary N) is 1. The monoisotopic (exact) mass is 345 g/mol. The molecular formula is C20H27NO2S. The van der Waals surface area contributed by atoms with Crippen LogP contribution in [0.5, 0.6) is 0 Å². The van der Waals surface area contributed by atoms with Gasteiger partial charge < -0.3 is 0 Å². The van der Waals surface area contributed by atoms with E-state index in [-0.39, 0.29) is 6.04 Å². The van der Waals surface area contributed by atoms with E-state index in [9.17, 15) is 8.42 Å². The average molecular weight is 346 g/mol. The van der Waals surface area contributed by atoms with Crippen molar-refractivity contribution in [3.05, 3.63) is 65.7 Å². The molecule has 0 saturated heterocycles. The summed E-state index contributed by atoms with van der Waals surface area (Å²) in [5, 5.41) is 0. The number of aryl methyl sites for hydroxylation is 2. The summed E-state index contributed by atoms with van der Waals surface area (Å²) in [4.78, 5) is 0.342. The van der Waals surface area contributed by atoms with Crippen molar-refractivity contribution in [1.82, 2.24) is 4.72 Å². The highest BCUT2D eigenvalue weighted by Gasteiger charge is 2.17. The molecular weight excluding hydrogens is 318 g/mol. The van der Waals surface area contributed by atoms with Crippen LogP contribution in [0.1, 0.15) is 44.2 Å². The predicted molar refractivity (Wildman–Crippen MR) is 99.6 cm³/mol. The summed E-state index contributed by atoms with van der Waals surface area (Å²) < 4.78 is 27.7. The van der Waals surface area contributed by atoms with E-state index in [1.165, 1.54) is 11.1 Å². The van der Waals surface area contributed by atoms with Crippen LogP contribution in [0, 0.1) is 0 Å². The van der Waals surface area contributed by atoms with E-state index in [4.69, 9.17) is 0 Å². The van der Waals surface area contributed by atoms with Crippen molar-refractivity contribution in [3.8, 4) is 0 Å². The normalized spacial score (nSPS) is 12.9. The SMILES string of the molecule is CCCCc1ccc(S(=O)(=O)NC(C)CCc2ccccc2)cc1. The van der Waals surface area contributed by atoms with Gasteiger partial charge in [0.15, 0.2) is 0 Å². The van der Waals surface area contributed by atoms with Gasteiger partial charge in [-0.25, -0.2) is 13.1 Å². The first-order valence-corrected chi connectivity index (χ1v) is 10.1. The number of hydrogen-bond acceptors (Lipinski definition) is 2. The van der Waals surface area contributed by atoms with Crippen LogP contribution in [0.4, 0.5) is 0 Å². The number of hydrogen-bond donors (Lipinski definition) is 1. The van der Waals surface area contributed by atoms with Gasteiger partial charge in [-0.3, -0.25) is 0 Å². The van der Waals surface area contributed by atoms with E-state index >= 15 is 0 Å². The highest BCUT2D eigenvalue weighted by molar-refractivity contribution is 7.89. The summed E-state index contributed by atoms with van der Waals surface area (Å²) in [6.07, 6.45) is 4.90. The summed E-state index contributed by atoms with van der Waals surface area (Å²) in [6.45, 7) is 4.07. The van der Waals surface area contributed by atoms with Crippen LogP contribution < -0.4 is 4.72 Å². The van der Waals surface area contributed by atoms with Crippen molar-refractivity contribution in [2.75, 3.05) is 0 Å². The second-order valence-electron chi connectivity index (χ2n) is 6.29. The first-order valence-electron chi connectivity index (χ1n) is 8.66. The van der Waals surface area contributed by atoms with E-state index in [0.717, 1.165) is 32.1 Å². The molecule has 2 aromatic rings. The Labute approximate surface area is 146 Å². The van der Waals surface area contributed by atoms with E-state index in [0.29, 0.717) is 4.90 Å². The highest BCUT2D eigenvalue weighted by atomic mass is 32.2. The molecule has 130 valence electrons. The minimum absolute atomic E-state index is 0.102. The first kappa shape index (κ1) is 18.7. The van der Waals surface area contributed by atoms with Crippen molar-refractivity contribution in [1.29, 1.82) is 0 Å². The predicted octanol–water partition coefficient (Wildman–Crippen LogP) is 4.33. The van der Waals surface area contributed by atoms with Gasteiger partial charge in [-0.15, -0.1) is 0 Å². The topological polar surface area (TPSA) is 46.2 Å². The molecule has 1 N–H and O–H groups in total. The van der Waals surface area contributed by atoms with Gasteiger partial charge in [0.2, 0.25) is 10.0 Å². The Bertz CT molecular complexity index is 709. The van der Waals surface area contributed by atoms with Crippen LogP contribution in [0.25, 0.3) is 0 Å². The Morgan fingerprint density at radius 2 is 1.54 bits per heavy atom. The van der Waals surface area contributed by atoms with Crippen molar-refractivity contribution < 1.29 is 8.42 Å². The van der Waals surface area contributed by atoms with Crippen molar-refractivity contribution in [2.45, 2.75) is 56.9 Å². The lowest BCUT2D eigenvalue weighted by atomic mass is 10.1. The third-order valence-electron chi connectivity index (χ3n) is 4.12. The van der Waals surface area contributed by atoms with E-state index in [1.54, 1.807) is 12.1 Å². The Balaban J connectivity index is 1.92. The zero-order chi connectivity index (χ0) is 17.4. The molecule has 0 spiro atoms. The molecule has 0 fully saturated rings. The van der Waals surface area contributed by atoms with Crippen LogP contribution in [0.3, 0.4) is 0 Å². The summed E-state index contributed by atoms with van der Waals surface area (Å²) in [5.74, 6) is 0. The van der Waals surface area contributed by atoms with Crippen molar-refractivity contribution >= 4 is 10.0 Å². The lowest BCUT2D eigenvalue weighted by Gasteiger charge is -2.14. The van der Waals surface area contributed by atoms with Crippen LogP contribution >= 0.6 is 0 Å². The van der Waals surface area contributed by atoms with Gasteiger partial charge in [0.05, 0.1) is 4.90 Å². The molecule has 24 heavy (non-hydrogen) atoms. The standard InChI is InChI=1S/C20H27NO2S/c1-3-4-8-19-13-15-20(16-14-19)24(22,23)21-17(2)11-12-18-9-6-5-7-10-18/h5-7,9-10,13-17,21H,3-4,8,11-12H2,1-2H3. The van der Waals surface area contributed by atoms with E-state index in [2.05, 4.69) is 23.8 Å². The lowest BCUT2D eigenvalue weighted by Crippen LogP contribution is -2.32. The quantitative estimate of drug-likeness (QED) is 0.735. The zero-order valence-corrected chi connectivity index (χ0v) is 15.4. The van der Waals surface area contributed by atoms with Crippen LogP contribution in [0.15, 0.2) is 59.5 Å². The average Bonchev–Trinajstić information content (AvgIpc) is 2.59. The molecule has 2 aromatic carbocycles. The fourth-order valence-electron chi connectivity index (χ4n) is 2.64. The highest BCUT2D eigenvalue weighted by Crippen LogP contribution is 2.14. The molecule has 0 radical (unpaired) electrons.